The van der Waals surface area contributed by atoms with Crippen LogP contribution in [0.2, 0.25) is 0 Å². The first-order chi connectivity index (χ1) is 4.52. The van der Waals surface area contributed by atoms with Gasteiger partial charge in [-0.1, -0.05) is 6.58 Å². The van der Waals surface area contributed by atoms with Gasteiger partial charge in [0.15, 0.2) is 0 Å². The third kappa shape index (κ3) is 1.20. The van der Waals surface area contributed by atoms with Crippen molar-refractivity contribution in [2.45, 2.75) is 26.7 Å². The molecule has 1 saturated heterocycles. The number of carbonyl (C=O) groups is 1. The molecule has 1 aliphatic heterocycles. The predicted molar refractivity (Wildman–Crippen MR) is 38.2 cm³/mol. The van der Waals surface area contributed by atoms with Crippen LogP contribution in [0.3, 0.4) is 0 Å². The van der Waals surface area contributed by atoms with Gasteiger partial charge >= 0.3 is 5.97 Å². The first kappa shape index (κ1) is 7.32. The molecule has 0 aromatic rings. The summed E-state index contributed by atoms with van der Waals surface area (Å²) >= 11 is 0. The molecule has 1 fully saturated rings. The Balaban J connectivity index is 2.70. The van der Waals surface area contributed by atoms with Gasteiger partial charge in [0, 0.05) is 6.42 Å². The van der Waals surface area contributed by atoms with Crippen molar-refractivity contribution < 1.29 is 9.53 Å². The number of allylic oxidation sites excluding steroid dienone is 1. The zero-order valence-electron chi connectivity index (χ0n) is 6.44. The molecular formula is C8H12O2. The molecule has 0 unspecified atom stereocenters. The average Bonchev–Trinajstić information content (AvgIpc) is 1.81. The minimum Gasteiger partial charge on any atom is -0.431 e. The Hall–Kier alpha value is -0.790. The van der Waals surface area contributed by atoms with Gasteiger partial charge in [-0.15, -0.1) is 0 Å². The highest BCUT2D eigenvalue weighted by Crippen LogP contribution is 2.31. The molecule has 0 spiro atoms. The summed E-state index contributed by atoms with van der Waals surface area (Å²) in [6.07, 6.45) is 1.66. The summed E-state index contributed by atoms with van der Waals surface area (Å²) in [7, 11) is 0. The predicted octanol–water partition coefficient (Wildman–Crippen LogP) is 1.86. The SMILES string of the molecule is C=C1CCC(C)(C)C(=O)O1. The van der Waals surface area contributed by atoms with Crippen LogP contribution in [0.1, 0.15) is 26.7 Å². The molecule has 0 atom stereocenters. The van der Waals surface area contributed by atoms with Crippen LogP contribution >= 0.6 is 0 Å². The van der Waals surface area contributed by atoms with Crippen LogP contribution in [0.15, 0.2) is 12.3 Å². The van der Waals surface area contributed by atoms with E-state index in [2.05, 4.69) is 6.58 Å². The monoisotopic (exact) mass is 140 g/mol. The fourth-order valence-corrected chi connectivity index (χ4v) is 0.874. The summed E-state index contributed by atoms with van der Waals surface area (Å²) in [4.78, 5) is 11.0. The average molecular weight is 140 g/mol. The van der Waals surface area contributed by atoms with Crippen LogP contribution in [0, 0.1) is 5.41 Å². The fourth-order valence-electron chi connectivity index (χ4n) is 0.874. The lowest BCUT2D eigenvalue weighted by atomic mass is 9.86. The molecule has 10 heavy (non-hydrogen) atoms. The zero-order chi connectivity index (χ0) is 7.78. The van der Waals surface area contributed by atoms with Crippen molar-refractivity contribution in [3.8, 4) is 0 Å². The van der Waals surface area contributed by atoms with Crippen LogP contribution in [0.25, 0.3) is 0 Å². The summed E-state index contributed by atoms with van der Waals surface area (Å²) in [6, 6.07) is 0. The van der Waals surface area contributed by atoms with Gasteiger partial charge in [0.05, 0.1) is 5.41 Å². The number of hydrogen-bond donors (Lipinski definition) is 0. The maximum atomic E-state index is 11.0. The standard InChI is InChI=1S/C8H12O2/c1-6-4-5-8(2,3)7(9)10-6/h1,4-5H2,2-3H3. The lowest BCUT2D eigenvalue weighted by Crippen LogP contribution is -2.30. The van der Waals surface area contributed by atoms with Crippen molar-refractivity contribution >= 4 is 5.97 Å². The van der Waals surface area contributed by atoms with Crippen LogP contribution in [0.4, 0.5) is 0 Å². The number of carbonyl (C=O) groups excluding carboxylic acids is 1. The van der Waals surface area contributed by atoms with E-state index in [1.807, 2.05) is 13.8 Å². The summed E-state index contributed by atoms with van der Waals surface area (Å²) < 4.78 is 4.87. The molecule has 0 radical (unpaired) electrons. The Morgan fingerprint density at radius 2 is 2.20 bits per heavy atom. The van der Waals surface area contributed by atoms with E-state index in [0.717, 1.165) is 12.8 Å². The molecule has 0 saturated carbocycles. The van der Waals surface area contributed by atoms with E-state index in [0.29, 0.717) is 5.76 Å². The summed E-state index contributed by atoms with van der Waals surface area (Å²) in [5, 5.41) is 0. The number of ether oxygens (including phenoxy) is 1. The van der Waals surface area contributed by atoms with Crippen LogP contribution in [-0.2, 0) is 9.53 Å². The van der Waals surface area contributed by atoms with E-state index in [1.54, 1.807) is 0 Å². The molecule has 1 heterocycles. The van der Waals surface area contributed by atoms with E-state index in [-0.39, 0.29) is 11.4 Å². The summed E-state index contributed by atoms with van der Waals surface area (Å²) in [5.41, 5.74) is -0.304. The highest BCUT2D eigenvalue weighted by atomic mass is 16.5. The van der Waals surface area contributed by atoms with Crippen molar-refractivity contribution in [2.75, 3.05) is 0 Å². The molecular weight excluding hydrogens is 128 g/mol. The fraction of sp³-hybridized carbons (Fsp3) is 0.625. The Morgan fingerprint density at radius 3 is 2.60 bits per heavy atom. The second-order valence-corrected chi connectivity index (χ2v) is 3.31. The maximum absolute atomic E-state index is 11.0. The van der Waals surface area contributed by atoms with Crippen LogP contribution in [0.5, 0.6) is 0 Å². The number of cyclic esters (lactones) is 1. The summed E-state index contributed by atoms with van der Waals surface area (Å²) in [5.74, 6) is 0.452. The minimum absolute atomic E-state index is 0.149. The quantitative estimate of drug-likeness (QED) is 0.480. The lowest BCUT2D eigenvalue weighted by molar-refractivity contribution is -0.153. The van der Waals surface area contributed by atoms with Gasteiger partial charge in [0.25, 0.3) is 0 Å². The zero-order valence-corrected chi connectivity index (χ0v) is 6.44. The van der Waals surface area contributed by atoms with E-state index < -0.39 is 0 Å². The largest absolute Gasteiger partial charge is 0.431 e. The van der Waals surface area contributed by atoms with Gasteiger partial charge in [0.2, 0.25) is 0 Å². The van der Waals surface area contributed by atoms with Crippen LogP contribution < -0.4 is 0 Å². The van der Waals surface area contributed by atoms with Crippen molar-refractivity contribution in [1.82, 2.24) is 0 Å². The Morgan fingerprint density at radius 1 is 1.60 bits per heavy atom. The first-order valence-corrected chi connectivity index (χ1v) is 3.42. The molecule has 0 bridgehead atoms. The van der Waals surface area contributed by atoms with E-state index in [9.17, 15) is 4.79 Å². The minimum atomic E-state index is -0.304. The smallest absolute Gasteiger partial charge is 0.316 e. The molecule has 0 N–H and O–H groups in total. The maximum Gasteiger partial charge on any atom is 0.316 e. The van der Waals surface area contributed by atoms with Crippen molar-refractivity contribution in [1.29, 1.82) is 0 Å². The molecule has 0 aliphatic carbocycles. The molecule has 0 aromatic heterocycles. The molecule has 1 aliphatic rings. The highest BCUT2D eigenvalue weighted by Gasteiger charge is 2.33. The van der Waals surface area contributed by atoms with Crippen molar-refractivity contribution in [2.24, 2.45) is 5.41 Å². The van der Waals surface area contributed by atoms with Gasteiger partial charge in [-0.3, -0.25) is 4.79 Å². The van der Waals surface area contributed by atoms with Gasteiger partial charge in [-0.05, 0) is 20.3 Å². The molecule has 2 nitrogen and oxygen atoms in total. The first-order valence-electron chi connectivity index (χ1n) is 3.42. The van der Waals surface area contributed by atoms with Gasteiger partial charge in [0.1, 0.15) is 5.76 Å². The molecule has 56 valence electrons. The Bertz CT molecular complexity index is 180. The van der Waals surface area contributed by atoms with E-state index in [4.69, 9.17) is 4.74 Å². The third-order valence-electron chi connectivity index (χ3n) is 1.82. The second kappa shape index (κ2) is 2.11. The molecule has 2 heteroatoms. The van der Waals surface area contributed by atoms with E-state index >= 15 is 0 Å². The van der Waals surface area contributed by atoms with E-state index in [1.165, 1.54) is 0 Å². The highest BCUT2D eigenvalue weighted by molar-refractivity contribution is 5.77. The van der Waals surface area contributed by atoms with Gasteiger partial charge in [-0.25, -0.2) is 0 Å². The number of rotatable bonds is 0. The second-order valence-electron chi connectivity index (χ2n) is 3.31. The van der Waals surface area contributed by atoms with Crippen molar-refractivity contribution in [3.05, 3.63) is 12.3 Å². The molecule has 1 rings (SSSR count). The Kier molecular flexibility index (Phi) is 1.55. The van der Waals surface area contributed by atoms with Crippen molar-refractivity contribution in [3.63, 3.8) is 0 Å². The van der Waals surface area contributed by atoms with Gasteiger partial charge in [-0.2, -0.15) is 0 Å². The lowest BCUT2D eigenvalue weighted by Gasteiger charge is -2.27. The normalized spacial score (nSPS) is 24.2. The number of hydrogen-bond acceptors (Lipinski definition) is 2. The third-order valence-corrected chi connectivity index (χ3v) is 1.82. The summed E-state index contributed by atoms with van der Waals surface area (Å²) in [6.45, 7) is 7.37. The van der Waals surface area contributed by atoms with Gasteiger partial charge < -0.3 is 4.74 Å². The van der Waals surface area contributed by atoms with Crippen LogP contribution in [-0.4, -0.2) is 5.97 Å². The Labute approximate surface area is 60.9 Å². The topological polar surface area (TPSA) is 26.3 Å². The molecule has 0 aromatic carbocycles. The molecule has 0 amide bonds. The number of esters is 1.